The smallest absolute Gasteiger partial charge is 0.407 e. The minimum atomic E-state index is -0.515. The highest BCUT2D eigenvalue weighted by molar-refractivity contribution is 5.92. The third-order valence-corrected chi connectivity index (χ3v) is 7.80. The largest absolute Gasteiger partial charge is 0.444 e. The van der Waals surface area contributed by atoms with Crippen LogP contribution in [-0.2, 0) is 4.74 Å². The van der Waals surface area contributed by atoms with E-state index in [0.29, 0.717) is 6.54 Å². The van der Waals surface area contributed by atoms with Crippen LogP contribution in [0.1, 0.15) is 69.3 Å². The summed E-state index contributed by atoms with van der Waals surface area (Å²) in [6, 6.07) is 8.48. The van der Waals surface area contributed by atoms with Crippen LogP contribution >= 0.6 is 0 Å². The lowest BCUT2D eigenvalue weighted by atomic mass is 9.98. The lowest BCUT2D eigenvalue weighted by Crippen LogP contribution is -2.40. The quantitative estimate of drug-likeness (QED) is 0.379. The van der Waals surface area contributed by atoms with Gasteiger partial charge < -0.3 is 19.9 Å². The Bertz CT molecular complexity index is 1550. The molecular formula is C30H38N8O2. The van der Waals surface area contributed by atoms with Crippen molar-refractivity contribution in [1.82, 2.24) is 29.9 Å². The monoisotopic (exact) mass is 542 g/mol. The van der Waals surface area contributed by atoms with Gasteiger partial charge in [-0.2, -0.15) is 5.10 Å². The number of benzene rings is 1. The molecule has 1 aromatic carbocycles. The van der Waals surface area contributed by atoms with Crippen LogP contribution in [0.3, 0.4) is 0 Å². The second kappa shape index (κ2) is 10.2. The molecule has 0 radical (unpaired) electrons. The summed E-state index contributed by atoms with van der Waals surface area (Å²) >= 11 is 0. The maximum absolute atomic E-state index is 12.3. The number of nitrogens with zero attached hydrogens (tertiary/aromatic N) is 7. The number of anilines is 2. The van der Waals surface area contributed by atoms with E-state index in [4.69, 9.17) is 19.8 Å². The van der Waals surface area contributed by atoms with E-state index < -0.39 is 5.60 Å². The first-order valence-corrected chi connectivity index (χ1v) is 14.2. The van der Waals surface area contributed by atoms with Gasteiger partial charge in [0.25, 0.3) is 0 Å². The van der Waals surface area contributed by atoms with E-state index in [1.54, 1.807) is 6.33 Å². The molecule has 210 valence electrons. The number of hydrogen-bond donors (Lipinski definition) is 1. The first kappa shape index (κ1) is 26.3. The number of aromatic nitrogens is 5. The molecule has 0 bridgehead atoms. The van der Waals surface area contributed by atoms with Crippen molar-refractivity contribution < 1.29 is 9.53 Å². The van der Waals surface area contributed by atoms with E-state index in [2.05, 4.69) is 58.3 Å². The standard InChI is InChI=1S/C30H38N8O2/c1-19-9-8-10-22-26(19)28(32-18-31-22)37-13-7-6-11-24(37)23-15-25-34-27(20(2)16-38(25)35-23)36-14-12-21(17-36)33-29(39)40-30(3,4)5/h8-10,15-16,18,21,24H,6-7,11-14,17H2,1-5H3,(H,33,39)/t21-,24?/m1/s1. The number of carbonyl (C=O) groups is 1. The first-order valence-electron chi connectivity index (χ1n) is 14.2. The van der Waals surface area contributed by atoms with Crippen molar-refractivity contribution in [3.05, 3.63) is 53.6 Å². The van der Waals surface area contributed by atoms with Crippen LogP contribution in [0.4, 0.5) is 16.4 Å². The van der Waals surface area contributed by atoms with E-state index in [9.17, 15) is 4.79 Å². The summed E-state index contributed by atoms with van der Waals surface area (Å²) in [5.41, 5.74) is 4.52. The molecule has 40 heavy (non-hydrogen) atoms. The highest BCUT2D eigenvalue weighted by Crippen LogP contribution is 2.37. The average Bonchev–Trinajstić information content (AvgIpc) is 3.53. The van der Waals surface area contributed by atoms with Gasteiger partial charge in [0.2, 0.25) is 0 Å². The van der Waals surface area contributed by atoms with Gasteiger partial charge in [-0.05, 0) is 71.9 Å². The Kier molecular flexibility index (Phi) is 6.72. The second-order valence-electron chi connectivity index (χ2n) is 12.1. The van der Waals surface area contributed by atoms with E-state index in [1.807, 2.05) is 31.4 Å². The molecule has 0 aliphatic carbocycles. The highest BCUT2D eigenvalue weighted by Gasteiger charge is 2.31. The van der Waals surface area contributed by atoms with Gasteiger partial charge in [0.15, 0.2) is 5.65 Å². The van der Waals surface area contributed by atoms with Gasteiger partial charge in [-0.15, -0.1) is 0 Å². The zero-order chi connectivity index (χ0) is 28.0. The molecule has 3 aromatic heterocycles. The molecule has 1 N–H and O–H groups in total. The fourth-order valence-electron chi connectivity index (χ4n) is 6.02. The summed E-state index contributed by atoms with van der Waals surface area (Å²) in [7, 11) is 0. The number of carbonyl (C=O) groups excluding carboxylic acids is 1. The highest BCUT2D eigenvalue weighted by atomic mass is 16.6. The molecule has 4 aromatic rings. The Morgan fingerprint density at radius 1 is 1.05 bits per heavy atom. The fraction of sp³-hybridized carbons (Fsp3) is 0.500. The van der Waals surface area contributed by atoms with Gasteiger partial charge in [-0.1, -0.05) is 12.1 Å². The predicted molar refractivity (Wildman–Crippen MR) is 156 cm³/mol. The Balaban J connectivity index is 1.26. The molecule has 10 nitrogen and oxygen atoms in total. The molecular weight excluding hydrogens is 504 g/mol. The molecule has 10 heteroatoms. The van der Waals surface area contributed by atoms with Gasteiger partial charge in [0.1, 0.15) is 23.6 Å². The van der Waals surface area contributed by atoms with Crippen molar-refractivity contribution in [1.29, 1.82) is 0 Å². The maximum Gasteiger partial charge on any atom is 0.407 e. The molecule has 2 atom stereocenters. The van der Waals surface area contributed by atoms with E-state index >= 15 is 0 Å². The van der Waals surface area contributed by atoms with Crippen molar-refractivity contribution >= 4 is 34.3 Å². The number of piperidine rings is 1. The van der Waals surface area contributed by atoms with Gasteiger partial charge in [0.05, 0.1) is 23.3 Å². The number of hydrogen-bond acceptors (Lipinski definition) is 8. The minimum Gasteiger partial charge on any atom is -0.444 e. The van der Waals surface area contributed by atoms with Crippen molar-refractivity contribution in [2.75, 3.05) is 29.4 Å². The second-order valence-corrected chi connectivity index (χ2v) is 12.1. The SMILES string of the molecule is Cc1cn2nc(C3CCCCN3c3ncnc4cccc(C)c34)cc2nc1N1CC[C@@H](NC(=O)OC(C)(C)C)C1. The van der Waals surface area contributed by atoms with E-state index in [1.165, 1.54) is 5.56 Å². The van der Waals surface area contributed by atoms with Gasteiger partial charge >= 0.3 is 6.09 Å². The number of aryl methyl sites for hydroxylation is 2. The van der Waals surface area contributed by atoms with Crippen molar-refractivity contribution in [3.8, 4) is 0 Å². The summed E-state index contributed by atoms with van der Waals surface area (Å²) in [5.74, 6) is 1.92. The number of fused-ring (bicyclic) bond motifs is 2. The molecule has 1 amide bonds. The summed E-state index contributed by atoms with van der Waals surface area (Å²) in [6.07, 6.45) is 7.49. The van der Waals surface area contributed by atoms with Crippen LogP contribution in [0.15, 0.2) is 36.8 Å². The molecule has 2 aliphatic rings. The number of alkyl carbamates (subject to hydrolysis) is 1. The van der Waals surface area contributed by atoms with Crippen molar-refractivity contribution in [3.63, 3.8) is 0 Å². The van der Waals surface area contributed by atoms with Gasteiger partial charge in [-0.25, -0.2) is 24.3 Å². The summed E-state index contributed by atoms with van der Waals surface area (Å²) in [4.78, 5) is 31.3. The zero-order valence-electron chi connectivity index (χ0n) is 24.0. The van der Waals surface area contributed by atoms with Crippen LogP contribution in [0.5, 0.6) is 0 Å². The summed E-state index contributed by atoms with van der Waals surface area (Å²) in [5, 5.41) is 9.13. The lowest BCUT2D eigenvalue weighted by molar-refractivity contribution is 0.0509. The van der Waals surface area contributed by atoms with E-state index in [-0.39, 0.29) is 18.2 Å². The summed E-state index contributed by atoms with van der Waals surface area (Å²) in [6.45, 7) is 12.3. The van der Waals surface area contributed by atoms with Crippen LogP contribution in [-0.4, -0.2) is 61.9 Å². The topological polar surface area (TPSA) is 101 Å². The third-order valence-electron chi connectivity index (χ3n) is 7.80. The molecule has 2 aliphatic heterocycles. The van der Waals surface area contributed by atoms with Gasteiger partial charge in [0, 0.05) is 42.8 Å². The third kappa shape index (κ3) is 5.14. The minimum absolute atomic E-state index is 0.0229. The van der Waals surface area contributed by atoms with Crippen molar-refractivity contribution in [2.45, 2.75) is 78.0 Å². The van der Waals surface area contributed by atoms with Crippen LogP contribution in [0.25, 0.3) is 16.6 Å². The lowest BCUT2D eigenvalue weighted by Gasteiger charge is -2.36. The molecule has 0 saturated carbocycles. The van der Waals surface area contributed by atoms with Gasteiger partial charge in [-0.3, -0.25) is 0 Å². The van der Waals surface area contributed by atoms with Crippen LogP contribution < -0.4 is 15.1 Å². The molecule has 0 spiro atoms. The number of nitrogens with one attached hydrogen (secondary N) is 1. The van der Waals surface area contributed by atoms with E-state index in [0.717, 1.165) is 78.2 Å². The Morgan fingerprint density at radius 2 is 1.90 bits per heavy atom. The number of rotatable bonds is 4. The molecule has 2 saturated heterocycles. The van der Waals surface area contributed by atoms with Crippen LogP contribution in [0, 0.1) is 13.8 Å². The molecule has 2 fully saturated rings. The maximum atomic E-state index is 12.3. The zero-order valence-corrected chi connectivity index (χ0v) is 24.0. The number of ether oxygens (including phenoxy) is 1. The Hall–Kier alpha value is -3.95. The predicted octanol–water partition coefficient (Wildman–Crippen LogP) is 5.12. The molecule has 6 rings (SSSR count). The van der Waals surface area contributed by atoms with Crippen LogP contribution in [0.2, 0.25) is 0 Å². The molecule has 5 heterocycles. The normalized spacial score (nSPS) is 19.9. The fourth-order valence-corrected chi connectivity index (χ4v) is 6.02. The Morgan fingerprint density at radius 3 is 2.73 bits per heavy atom. The molecule has 1 unspecified atom stereocenters. The van der Waals surface area contributed by atoms with Crippen molar-refractivity contribution in [2.24, 2.45) is 0 Å². The average molecular weight is 543 g/mol. The summed E-state index contributed by atoms with van der Waals surface area (Å²) < 4.78 is 7.35. The Labute approximate surface area is 234 Å². The number of amides is 1. The first-order chi connectivity index (χ1) is 19.2.